The van der Waals surface area contributed by atoms with Gasteiger partial charge >= 0.3 is 12.2 Å². The van der Waals surface area contributed by atoms with Crippen molar-refractivity contribution in [1.82, 2.24) is 9.80 Å². The summed E-state index contributed by atoms with van der Waals surface area (Å²) in [5.74, 6) is -0.234. The molecule has 1 N–H and O–H groups in total. The van der Waals surface area contributed by atoms with Crippen LogP contribution in [0, 0.1) is 16.7 Å². The number of amides is 2. The number of hydrogen-bond acceptors (Lipinski definition) is 5. The normalized spacial score (nSPS) is 15.3. The molecule has 1 saturated heterocycles. The fraction of sp³-hybridized carbons (Fsp3) is 0.227. The molecule has 0 spiro atoms. The van der Waals surface area contributed by atoms with E-state index in [-0.39, 0.29) is 28.9 Å². The largest absolute Gasteiger partial charge is 0.493 e. The maximum absolute atomic E-state index is 13.4. The molecular weight excluding hydrogens is 425 g/mol. The average molecular weight is 444 g/mol. The van der Waals surface area contributed by atoms with Crippen molar-refractivity contribution in [2.24, 2.45) is 0 Å². The first kappa shape index (κ1) is 22.7. The number of methoxy groups -OCH3 is 1. The van der Waals surface area contributed by atoms with Gasteiger partial charge in [-0.15, -0.1) is 0 Å². The molecule has 0 saturated carbocycles. The van der Waals surface area contributed by atoms with Crippen LogP contribution in [0.4, 0.5) is 18.0 Å². The summed E-state index contributed by atoms with van der Waals surface area (Å²) in [5.41, 5.74) is -0.289. The molecule has 0 bridgehead atoms. The van der Waals surface area contributed by atoms with E-state index in [0.29, 0.717) is 17.8 Å². The van der Waals surface area contributed by atoms with Gasteiger partial charge < -0.3 is 9.47 Å². The standard InChI is InChI=1S/C22H19F3N4O3/c1-4-29-20(27)16(28(2)21(29)30)10-13-5-8-18(19(11-13)31-3)32-17-7-6-14(12-26)9-15(17)22(23,24)25/h5-11,27H,4H2,1-3H3/b16-10-,27-20?. The quantitative estimate of drug-likeness (QED) is 0.696. The van der Waals surface area contributed by atoms with Crippen molar-refractivity contribution in [1.29, 1.82) is 10.7 Å². The lowest BCUT2D eigenvalue weighted by Crippen LogP contribution is -2.30. The van der Waals surface area contributed by atoms with Crippen LogP contribution in [0.2, 0.25) is 0 Å². The third kappa shape index (κ3) is 4.23. The molecule has 1 heterocycles. The predicted molar refractivity (Wildman–Crippen MR) is 110 cm³/mol. The minimum absolute atomic E-state index is 0.0333. The van der Waals surface area contributed by atoms with E-state index in [1.54, 1.807) is 32.2 Å². The highest BCUT2D eigenvalue weighted by Gasteiger charge is 2.36. The molecule has 166 valence electrons. The smallest absolute Gasteiger partial charge is 0.420 e. The molecule has 1 aliphatic heterocycles. The second-order valence-electron chi connectivity index (χ2n) is 6.80. The average Bonchev–Trinajstić information content (AvgIpc) is 2.96. The Bertz CT molecular complexity index is 1150. The van der Waals surface area contributed by atoms with Gasteiger partial charge in [-0.05, 0) is 48.9 Å². The Kier molecular flexibility index (Phi) is 6.11. The highest BCUT2D eigenvalue weighted by atomic mass is 19.4. The van der Waals surface area contributed by atoms with Crippen molar-refractivity contribution in [2.75, 3.05) is 20.7 Å². The maximum Gasteiger partial charge on any atom is 0.420 e. The second kappa shape index (κ2) is 8.63. The van der Waals surface area contributed by atoms with Crippen molar-refractivity contribution in [2.45, 2.75) is 13.1 Å². The Hall–Kier alpha value is -4.00. The molecule has 32 heavy (non-hydrogen) atoms. The van der Waals surface area contributed by atoms with E-state index in [2.05, 4.69) is 0 Å². The van der Waals surface area contributed by atoms with E-state index in [4.69, 9.17) is 20.1 Å². The first-order valence-corrected chi connectivity index (χ1v) is 9.43. The van der Waals surface area contributed by atoms with Crippen molar-refractivity contribution in [3.8, 4) is 23.3 Å². The van der Waals surface area contributed by atoms with E-state index in [9.17, 15) is 18.0 Å². The maximum atomic E-state index is 13.4. The number of nitriles is 1. The van der Waals surface area contributed by atoms with Crippen LogP contribution in [0.3, 0.4) is 0 Å². The van der Waals surface area contributed by atoms with Crippen LogP contribution >= 0.6 is 0 Å². The van der Waals surface area contributed by atoms with E-state index in [1.807, 2.05) is 0 Å². The molecule has 7 nitrogen and oxygen atoms in total. The fourth-order valence-corrected chi connectivity index (χ4v) is 3.18. The first-order chi connectivity index (χ1) is 15.1. The monoisotopic (exact) mass is 444 g/mol. The minimum Gasteiger partial charge on any atom is -0.493 e. The lowest BCUT2D eigenvalue weighted by Gasteiger charge is -2.16. The van der Waals surface area contributed by atoms with Crippen LogP contribution < -0.4 is 9.47 Å². The third-order valence-corrected chi connectivity index (χ3v) is 4.83. The van der Waals surface area contributed by atoms with Gasteiger partial charge in [0.2, 0.25) is 0 Å². The number of nitrogens with one attached hydrogen (secondary N) is 1. The van der Waals surface area contributed by atoms with Gasteiger partial charge in [0.1, 0.15) is 5.75 Å². The van der Waals surface area contributed by atoms with Gasteiger partial charge in [0, 0.05) is 13.6 Å². The molecule has 10 heteroatoms. The highest BCUT2D eigenvalue weighted by molar-refractivity contribution is 6.15. The molecule has 1 fully saturated rings. The summed E-state index contributed by atoms with van der Waals surface area (Å²) in [6, 6.07) is 8.92. The van der Waals surface area contributed by atoms with Gasteiger partial charge in [-0.25, -0.2) is 4.79 Å². The molecule has 2 aromatic rings. The highest BCUT2D eigenvalue weighted by Crippen LogP contribution is 2.41. The van der Waals surface area contributed by atoms with Crippen LogP contribution in [-0.4, -0.2) is 42.4 Å². The van der Waals surface area contributed by atoms with Gasteiger partial charge in [0.15, 0.2) is 17.3 Å². The summed E-state index contributed by atoms with van der Waals surface area (Å²) in [6.45, 7) is 2.11. The first-order valence-electron chi connectivity index (χ1n) is 9.43. The molecule has 1 aliphatic rings. The van der Waals surface area contributed by atoms with Crippen LogP contribution in [0.5, 0.6) is 17.2 Å². The van der Waals surface area contributed by atoms with Crippen molar-refractivity contribution >= 4 is 17.9 Å². The molecule has 0 aromatic heterocycles. The summed E-state index contributed by atoms with van der Waals surface area (Å²) < 4.78 is 51.0. The Labute approximate surface area is 182 Å². The minimum atomic E-state index is -4.72. The number of nitrogens with zero attached hydrogens (tertiary/aromatic N) is 3. The Balaban J connectivity index is 1.97. The number of likely N-dealkylation sites (N-methyl/N-ethyl adjacent to an activating group) is 2. The Morgan fingerprint density at radius 3 is 2.41 bits per heavy atom. The third-order valence-electron chi connectivity index (χ3n) is 4.83. The van der Waals surface area contributed by atoms with Crippen LogP contribution in [0.15, 0.2) is 42.1 Å². The number of carbonyl (C=O) groups is 1. The number of benzene rings is 2. The number of carbonyl (C=O) groups excluding carboxylic acids is 1. The predicted octanol–water partition coefficient (Wildman–Crippen LogP) is 5.08. The number of ether oxygens (including phenoxy) is 2. The van der Waals surface area contributed by atoms with E-state index in [1.165, 1.54) is 35.1 Å². The molecule has 3 rings (SSSR count). The summed E-state index contributed by atoms with van der Waals surface area (Å²) in [7, 11) is 2.89. The van der Waals surface area contributed by atoms with Gasteiger partial charge in [-0.1, -0.05) is 6.07 Å². The fourth-order valence-electron chi connectivity index (χ4n) is 3.18. The zero-order valence-corrected chi connectivity index (χ0v) is 17.4. The lowest BCUT2D eigenvalue weighted by atomic mass is 10.1. The molecule has 0 radical (unpaired) electrons. The van der Waals surface area contributed by atoms with Crippen LogP contribution in [-0.2, 0) is 6.18 Å². The Morgan fingerprint density at radius 1 is 1.16 bits per heavy atom. The number of alkyl halides is 3. The van der Waals surface area contributed by atoms with Crippen molar-refractivity contribution < 1.29 is 27.4 Å². The summed E-state index contributed by atoms with van der Waals surface area (Å²) >= 11 is 0. The van der Waals surface area contributed by atoms with Crippen molar-refractivity contribution in [3.63, 3.8) is 0 Å². The van der Waals surface area contributed by atoms with Gasteiger partial charge in [-0.3, -0.25) is 15.2 Å². The van der Waals surface area contributed by atoms with E-state index in [0.717, 1.165) is 12.1 Å². The zero-order valence-electron chi connectivity index (χ0n) is 17.4. The van der Waals surface area contributed by atoms with Crippen LogP contribution in [0.25, 0.3) is 6.08 Å². The van der Waals surface area contributed by atoms with Crippen LogP contribution in [0.1, 0.15) is 23.6 Å². The number of hydrogen-bond donors (Lipinski definition) is 1. The molecular formula is C22H19F3N4O3. The number of amidine groups is 1. The van der Waals surface area contributed by atoms with Gasteiger partial charge in [0.05, 0.1) is 30.0 Å². The Morgan fingerprint density at radius 2 is 1.84 bits per heavy atom. The zero-order chi connectivity index (χ0) is 23.6. The number of halogens is 3. The molecule has 2 amide bonds. The SMILES string of the molecule is CCN1C(=N)/C(=C/c2ccc(Oc3ccc(C#N)cc3C(F)(F)F)c(OC)c2)N(C)C1=O. The molecule has 0 atom stereocenters. The van der Waals surface area contributed by atoms with E-state index < -0.39 is 17.5 Å². The number of rotatable bonds is 5. The second-order valence-corrected chi connectivity index (χ2v) is 6.80. The molecule has 0 aliphatic carbocycles. The summed E-state index contributed by atoms with van der Waals surface area (Å²) in [4.78, 5) is 14.9. The van der Waals surface area contributed by atoms with Gasteiger partial charge in [0.25, 0.3) is 0 Å². The van der Waals surface area contributed by atoms with Gasteiger partial charge in [-0.2, -0.15) is 18.4 Å². The lowest BCUT2D eigenvalue weighted by molar-refractivity contribution is -0.138. The molecule has 0 unspecified atom stereocenters. The topological polar surface area (TPSA) is 89.7 Å². The molecule has 2 aromatic carbocycles. The van der Waals surface area contributed by atoms with E-state index >= 15 is 0 Å². The summed E-state index contributed by atoms with van der Waals surface area (Å²) in [5, 5.41) is 17.1. The summed E-state index contributed by atoms with van der Waals surface area (Å²) in [6.07, 6.45) is -3.12. The van der Waals surface area contributed by atoms with Crippen molar-refractivity contribution in [3.05, 3.63) is 58.8 Å². The number of urea groups is 1.